The molecule has 29 heavy (non-hydrogen) atoms. The number of anilines is 2. The number of nitrogens with two attached hydrogens (primary N) is 1. The predicted octanol–water partition coefficient (Wildman–Crippen LogP) is 5.11. The number of piperazine rings is 1. The maximum Gasteiger partial charge on any atom is 0.203 e. The number of aromatic nitrogens is 2. The molecule has 2 heterocycles. The van der Waals surface area contributed by atoms with Crippen LogP contribution in [-0.4, -0.2) is 53.6 Å². The first-order valence-electron chi connectivity index (χ1n) is 10.9. The lowest BCUT2D eigenvalue weighted by atomic mass is 10.0. The average Bonchev–Trinajstić information content (AvgIpc) is 3.15. The number of nitrogens with zero attached hydrogens (tertiary/aromatic N) is 4. The molecule has 2 aromatic rings. The first kappa shape index (κ1) is 22.4. The Morgan fingerprint density at radius 2 is 1.79 bits per heavy atom. The van der Waals surface area contributed by atoms with Crippen molar-refractivity contribution in [1.29, 1.82) is 0 Å². The van der Waals surface area contributed by atoms with Crippen LogP contribution in [0.5, 0.6) is 0 Å². The molecule has 3 rings (SSSR count). The quantitative estimate of drug-likeness (QED) is 0.393. The van der Waals surface area contributed by atoms with E-state index in [1.165, 1.54) is 74.3 Å². The van der Waals surface area contributed by atoms with Gasteiger partial charge in [0.1, 0.15) is 0 Å². The summed E-state index contributed by atoms with van der Waals surface area (Å²) in [6.45, 7) is 10.5. The molecule has 5 nitrogen and oxygen atoms in total. The molecule has 0 saturated carbocycles. The monoisotopic (exact) mass is 433 g/mol. The predicted molar refractivity (Wildman–Crippen MR) is 127 cm³/mol. The minimum absolute atomic E-state index is 0.567. The summed E-state index contributed by atoms with van der Waals surface area (Å²) in [6.07, 6.45) is 6.55. The molecular weight excluding hydrogens is 398 g/mol. The summed E-state index contributed by atoms with van der Waals surface area (Å²) in [7, 11) is 0. The third-order valence-corrected chi connectivity index (χ3v) is 7.51. The molecular formula is C22H35N5S2. The molecule has 1 aliphatic rings. The molecule has 0 radical (unpaired) electrons. The van der Waals surface area contributed by atoms with Crippen molar-refractivity contribution >= 4 is 33.9 Å². The van der Waals surface area contributed by atoms with Gasteiger partial charge < -0.3 is 10.6 Å². The molecule has 0 bridgehead atoms. The van der Waals surface area contributed by atoms with Gasteiger partial charge in [-0.05, 0) is 43.0 Å². The van der Waals surface area contributed by atoms with E-state index in [9.17, 15) is 0 Å². The normalized spacial score (nSPS) is 15.3. The molecule has 0 amide bonds. The lowest BCUT2D eigenvalue weighted by Crippen LogP contribution is -2.46. The van der Waals surface area contributed by atoms with Crippen LogP contribution in [0.25, 0.3) is 0 Å². The van der Waals surface area contributed by atoms with Gasteiger partial charge in [0.15, 0.2) is 4.34 Å². The second kappa shape index (κ2) is 11.8. The number of nitrogen functional groups attached to an aromatic ring is 1. The Hall–Kier alpha value is -1.31. The molecule has 0 atom stereocenters. The molecule has 2 N–H and O–H groups in total. The van der Waals surface area contributed by atoms with Crippen LogP contribution in [-0.2, 0) is 0 Å². The van der Waals surface area contributed by atoms with Gasteiger partial charge in [0.05, 0.1) is 0 Å². The van der Waals surface area contributed by atoms with E-state index in [-0.39, 0.29) is 0 Å². The van der Waals surface area contributed by atoms with Crippen molar-refractivity contribution in [3.63, 3.8) is 0 Å². The lowest BCUT2D eigenvalue weighted by Gasteiger charge is -2.36. The van der Waals surface area contributed by atoms with Crippen molar-refractivity contribution in [2.45, 2.75) is 56.2 Å². The molecule has 1 fully saturated rings. The Kier molecular flexibility index (Phi) is 9.08. The minimum atomic E-state index is 0.567. The maximum absolute atomic E-state index is 5.60. The fourth-order valence-electron chi connectivity index (χ4n) is 3.72. The van der Waals surface area contributed by atoms with Gasteiger partial charge in [0, 0.05) is 37.6 Å². The summed E-state index contributed by atoms with van der Waals surface area (Å²) < 4.78 is 0.998. The van der Waals surface area contributed by atoms with Crippen molar-refractivity contribution in [3.8, 4) is 0 Å². The van der Waals surface area contributed by atoms with Crippen LogP contribution >= 0.6 is 23.1 Å². The van der Waals surface area contributed by atoms with E-state index >= 15 is 0 Å². The number of hydrogen-bond donors (Lipinski definition) is 1. The second-order valence-corrected chi connectivity index (χ2v) is 10.5. The SMILES string of the molecule is CC(C)c1cccc(N2CCN(CCCCCCCSc3nnc(N)s3)CC2)c1. The maximum atomic E-state index is 5.60. The average molecular weight is 434 g/mol. The molecule has 0 spiro atoms. The highest BCUT2D eigenvalue weighted by atomic mass is 32.2. The Balaban J connectivity index is 1.23. The van der Waals surface area contributed by atoms with Gasteiger partial charge >= 0.3 is 0 Å². The van der Waals surface area contributed by atoms with Gasteiger partial charge in [-0.2, -0.15) is 0 Å². The van der Waals surface area contributed by atoms with Crippen molar-refractivity contribution in [2.24, 2.45) is 0 Å². The number of rotatable bonds is 11. The topological polar surface area (TPSA) is 58.3 Å². The van der Waals surface area contributed by atoms with E-state index in [1.54, 1.807) is 11.8 Å². The summed E-state index contributed by atoms with van der Waals surface area (Å²) in [5.41, 5.74) is 8.44. The molecule has 7 heteroatoms. The summed E-state index contributed by atoms with van der Waals surface area (Å²) in [5, 5.41) is 8.47. The van der Waals surface area contributed by atoms with Crippen LogP contribution in [0.1, 0.15) is 57.4 Å². The number of benzene rings is 1. The van der Waals surface area contributed by atoms with Crippen molar-refractivity contribution in [3.05, 3.63) is 29.8 Å². The number of hydrogen-bond acceptors (Lipinski definition) is 7. The van der Waals surface area contributed by atoms with Crippen LogP contribution in [0.2, 0.25) is 0 Å². The Morgan fingerprint density at radius 1 is 1.03 bits per heavy atom. The van der Waals surface area contributed by atoms with E-state index in [0.29, 0.717) is 11.0 Å². The molecule has 1 aromatic carbocycles. The summed E-state index contributed by atoms with van der Waals surface area (Å²) in [5.74, 6) is 1.72. The molecule has 1 saturated heterocycles. The highest BCUT2D eigenvalue weighted by molar-refractivity contribution is 8.01. The van der Waals surface area contributed by atoms with E-state index in [0.717, 1.165) is 23.2 Å². The molecule has 0 unspecified atom stereocenters. The number of thioether (sulfide) groups is 1. The van der Waals surface area contributed by atoms with Gasteiger partial charge in [-0.3, -0.25) is 4.90 Å². The van der Waals surface area contributed by atoms with E-state index in [2.05, 4.69) is 58.1 Å². The standard InChI is InChI=1S/C22H35N5S2/c1-18(2)19-9-8-10-20(17-19)27-14-12-26(13-15-27)11-6-4-3-5-7-16-28-22-25-24-21(23)29-22/h8-10,17-18H,3-7,11-16H2,1-2H3,(H2,23,24). The Bertz CT molecular complexity index is 725. The van der Waals surface area contributed by atoms with E-state index in [4.69, 9.17) is 5.73 Å². The highest BCUT2D eigenvalue weighted by Gasteiger charge is 2.17. The van der Waals surface area contributed by atoms with Crippen LogP contribution in [0.15, 0.2) is 28.6 Å². The van der Waals surface area contributed by atoms with Gasteiger partial charge in [-0.25, -0.2) is 0 Å². The van der Waals surface area contributed by atoms with Crippen LogP contribution < -0.4 is 10.6 Å². The molecule has 0 aliphatic carbocycles. The van der Waals surface area contributed by atoms with Gasteiger partial charge in [0.25, 0.3) is 0 Å². The fourth-order valence-corrected chi connectivity index (χ4v) is 5.42. The summed E-state index contributed by atoms with van der Waals surface area (Å²) in [4.78, 5) is 5.18. The minimum Gasteiger partial charge on any atom is -0.374 e. The zero-order valence-electron chi connectivity index (χ0n) is 17.8. The smallest absolute Gasteiger partial charge is 0.203 e. The largest absolute Gasteiger partial charge is 0.374 e. The first-order valence-corrected chi connectivity index (χ1v) is 12.7. The zero-order chi connectivity index (χ0) is 20.5. The fraction of sp³-hybridized carbons (Fsp3) is 0.636. The third-order valence-electron chi connectivity index (χ3n) is 5.54. The van der Waals surface area contributed by atoms with Crippen molar-refractivity contribution in [1.82, 2.24) is 15.1 Å². The summed E-state index contributed by atoms with van der Waals surface area (Å²) in [6, 6.07) is 9.09. The molecule has 1 aromatic heterocycles. The van der Waals surface area contributed by atoms with Gasteiger partial charge in [-0.1, -0.05) is 68.3 Å². The Labute approximate surface area is 184 Å². The van der Waals surface area contributed by atoms with E-state index in [1.807, 2.05) is 0 Å². The van der Waals surface area contributed by atoms with Crippen LogP contribution in [0.4, 0.5) is 10.8 Å². The van der Waals surface area contributed by atoms with Crippen molar-refractivity contribution in [2.75, 3.05) is 49.1 Å². The number of unbranched alkanes of at least 4 members (excludes halogenated alkanes) is 4. The van der Waals surface area contributed by atoms with Crippen LogP contribution in [0.3, 0.4) is 0 Å². The summed E-state index contributed by atoms with van der Waals surface area (Å²) >= 11 is 3.27. The molecule has 160 valence electrons. The first-order chi connectivity index (χ1) is 14.1. The third kappa shape index (κ3) is 7.46. The second-order valence-electron chi connectivity index (χ2n) is 8.10. The van der Waals surface area contributed by atoms with Gasteiger partial charge in [0.2, 0.25) is 5.13 Å². The van der Waals surface area contributed by atoms with Crippen molar-refractivity contribution < 1.29 is 0 Å². The highest BCUT2D eigenvalue weighted by Crippen LogP contribution is 2.25. The van der Waals surface area contributed by atoms with Gasteiger partial charge in [-0.15, -0.1) is 10.2 Å². The molecule has 1 aliphatic heterocycles. The van der Waals surface area contributed by atoms with Crippen LogP contribution in [0, 0.1) is 0 Å². The lowest BCUT2D eigenvalue weighted by molar-refractivity contribution is 0.252. The van der Waals surface area contributed by atoms with E-state index < -0.39 is 0 Å². The zero-order valence-corrected chi connectivity index (χ0v) is 19.5. The Morgan fingerprint density at radius 3 is 2.52 bits per heavy atom.